The Bertz CT molecular complexity index is 706. The number of hydrogen-bond donors (Lipinski definition) is 2. The highest BCUT2D eigenvalue weighted by Gasteiger charge is 2.27. The zero-order chi connectivity index (χ0) is 14.3. The highest BCUT2D eigenvalue weighted by atomic mass is 35.6. The number of aliphatic hydroxyl groups excluding tert-OH is 1. The number of alkyl halides is 3. The number of nitrogens with one attached hydrogen (secondary N) is 1. The number of aliphatic hydroxyl groups is 1. The van der Waals surface area contributed by atoms with Crippen molar-refractivity contribution in [2.75, 3.05) is 12.4 Å². The zero-order valence-electron chi connectivity index (χ0n) is 9.40. The maximum atomic E-state index is 11.8. The largest absolute Gasteiger partial charge is 0.395 e. The van der Waals surface area contributed by atoms with Gasteiger partial charge in [0.2, 0.25) is 3.79 Å². The molecule has 1 aromatic carbocycles. The minimum absolute atomic E-state index is 0.0661. The van der Waals surface area contributed by atoms with E-state index in [4.69, 9.17) is 39.9 Å². The highest BCUT2D eigenvalue weighted by Crippen LogP contribution is 2.37. The molecule has 19 heavy (non-hydrogen) atoms. The molecule has 1 aromatic heterocycles. The van der Waals surface area contributed by atoms with E-state index in [0.29, 0.717) is 11.0 Å². The molecule has 0 aliphatic carbocycles. The monoisotopic (exact) mass is 342 g/mol. The van der Waals surface area contributed by atoms with E-state index in [-0.39, 0.29) is 16.5 Å². The Morgan fingerprint density at radius 3 is 2.58 bits per heavy atom. The third-order valence-electron chi connectivity index (χ3n) is 2.44. The summed E-state index contributed by atoms with van der Waals surface area (Å²) in [6, 6.07) is 4.32. The Kier molecular flexibility index (Phi) is 3.99. The molecule has 0 fully saturated rings. The Labute approximate surface area is 124 Å². The number of sulfone groups is 1. The van der Waals surface area contributed by atoms with Crippen molar-refractivity contribution >= 4 is 55.7 Å². The molecule has 0 aliphatic heterocycles. The van der Waals surface area contributed by atoms with Gasteiger partial charge in [-0.15, -0.1) is 0 Å². The maximum absolute atomic E-state index is 11.8. The van der Waals surface area contributed by atoms with E-state index in [1.54, 1.807) is 0 Å². The van der Waals surface area contributed by atoms with Gasteiger partial charge in [-0.2, -0.15) is 0 Å². The summed E-state index contributed by atoms with van der Waals surface area (Å²) in [6.07, 6.45) is 0. The number of hydrogen-bond acceptors (Lipinski definition) is 4. The van der Waals surface area contributed by atoms with Crippen LogP contribution in [0.15, 0.2) is 23.1 Å². The quantitative estimate of drug-likeness (QED) is 0.837. The summed E-state index contributed by atoms with van der Waals surface area (Å²) in [5.41, 5.74) is 0.935. The van der Waals surface area contributed by atoms with E-state index in [1.807, 2.05) is 0 Å². The molecule has 2 rings (SSSR count). The van der Waals surface area contributed by atoms with Crippen molar-refractivity contribution in [2.45, 2.75) is 8.69 Å². The topological polar surface area (TPSA) is 83.0 Å². The SMILES string of the molecule is O=S(=O)(CCO)c1ccc2[nH]c(C(Cl)(Cl)Cl)nc2c1. The van der Waals surface area contributed by atoms with Gasteiger partial charge in [0.05, 0.1) is 28.3 Å². The maximum Gasteiger partial charge on any atom is 0.248 e. The van der Waals surface area contributed by atoms with Crippen LogP contribution < -0.4 is 0 Å². The lowest BCUT2D eigenvalue weighted by molar-refractivity contribution is 0.319. The summed E-state index contributed by atoms with van der Waals surface area (Å²) < 4.78 is 21.9. The first-order chi connectivity index (χ1) is 8.74. The van der Waals surface area contributed by atoms with Gasteiger partial charge < -0.3 is 10.1 Å². The number of aromatic amines is 1. The van der Waals surface area contributed by atoms with Gasteiger partial charge in [-0.25, -0.2) is 13.4 Å². The van der Waals surface area contributed by atoms with Crippen molar-refractivity contribution in [3.05, 3.63) is 24.0 Å². The van der Waals surface area contributed by atoms with Gasteiger partial charge in [0, 0.05) is 0 Å². The molecular weight excluding hydrogens is 335 g/mol. The third kappa shape index (κ3) is 3.14. The minimum Gasteiger partial charge on any atom is -0.395 e. The van der Waals surface area contributed by atoms with Crippen molar-refractivity contribution in [1.82, 2.24) is 9.97 Å². The van der Waals surface area contributed by atoms with Crippen molar-refractivity contribution in [3.63, 3.8) is 0 Å². The van der Waals surface area contributed by atoms with Gasteiger partial charge in [-0.3, -0.25) is 0 Å². The molecule has 0 saturated carbocycles. The summed E-state index contributed by atoms with van der Waals surface area (Å²) in [5.74, 6) is -0.232. The molecule has 0 unspecified atom stereocenters. The van der Waals surface area contributed by atoms with E-state index < -0.39 is 20.2 Å². The molecule has 0 aliphatic rings. The number of imidazole rings is 1. The first-order valence-corrected chi connectivity index (χ1v) is 7.93. The second-order valence-corrected chi connectivity index (χ2v) is 8.19. The minimum atomic E-state index is -3.53. The fourth-order valence-corrected chi connectivity index (χ4v) is 2.86. The number of H-pyrrole nitrogens is 1. The van der Waals surface area contributed by atoms with Crippen LogP contribution in [0, 0.1) is 0 Å². The molecule has 0 amide bonds. The van der Waals surface area contributed by atoms with E-state index in [2.05, 4.69) is 9.97 Å². The van der Waals surface area contributed by atoms with Gasteiger partial charge in [-0.1, -0.05) is 34.8 Å². The van der Waals surface area contributed by atoms with Crippen molar-refractivity contribution in [3.8, 4) is 0 Å². The average Bonchev–Trinajstić information content (AvgIpc) is 2.70. The van der Waals surface area contributed by atoms with Gasteiger partial charge in [0.1, 0.15) is 0 Å². The first-order valence-electron chi connectivity index (χ1n) is 5.14. The lowest BCUT2D eigenvalue weighted by Gasteiger charge is -2.04. The van der Waals surface area contributed by atoms with Crippen molar-refractivity contribution in [2.24, 2.45) is 0 Å². The molecule has 0 bridgehead atoms. The van der Waals surface area contributed by atoms with Gasteiger partial charge in [0.25, 0.3) is 0 Å². The predicted octanol–water partition coefficient (Wildman–Crippen LogP) is 2.16. The van der Waals surface area contributed by atoms with Crippen LogP contribution in [0.4, 0.5) is 0 Å². The molecule has 0 saturated heterocycles. The Morgan fingerprint density at radius 2 is 2.00 bits per heavy atom. The lowest BCUT2D eigenvalue weighted by Crippen LogP contribution is -2.09. The second-order valence-electron chi connectivity index (χ2n) is 3.80. The lowest BCUT2D eigenvalue weighted by atomic mass is 10.3. The number of benzene rings is 1. The van der Waals surface area contributed by atoms with Gasteiger partial charge >= 0.3 is 0 Å². The summed E-state index contributed by atoms with van der Waals surface area (Å²) in [5, 5.41) is 8.73. The summed E-state index contributed by atoms with van der Waals surface area (Å²) in [7, 11) is -3.53. The number of fused-ring (bicyclic) bond motifs is 1. The summed E-state index contributed by atoms with van der Waals surface area (Å²) in [6.45, 7) is -0.444. The van der Waals surface area contributed by atoms with Crippen LogP contribution in [-0.2, 0) is 13.6 Å². The van der Waals surface area contributed by atoms with Gasteiger partial charge in [0.15, 0.2) is 15.7 Å². The first kappa shape index (κ1) is 14.9. The summed E-state index contributed by atoms with van der Waals surface area (Å²) in [4.78, 5) is 6.90. The normalized spacial score (nSPS) is 13.1. The molecule has 0 radical (unpaired) electrons. The Balaban J connectivity index is 2.53. The Hall–Kier alpha value is -0.530. The molecule has 2 aromatic rings. The smallest absolute Gasteiger partial charge is 0.248 e. The summed E-state index contributed by atoms with van der Waals surface area (Å²) >= 11 is 17.1. The van der Waals surface area contributed by atoms with Crippen LogP contribution in [0.5, 0.6) is 0 Å². The number of nitrogens with zero attached hydrogens (tertiary/aromatic N) is 1. The number of rotatable bonds is 3. The van der Waals surface area contributed by atoms with Crippen molar-refractivity contribution in [1.29, 1.82) is 0 Å². The van der Waals surface area contributed by atoms with E-state index in [1.165, 1.54) is 18.2 Å². The fourth-order valence-electron chi connectivity index (χ4n) is 1.55. The van der Waals surface area contributed by atoms with Crippen LogP contribution in [-0.4, -0.2) is 35.9 Å². The molecule has 1 heterocycles. The molecule has 0 spiro atoms. The number of halogens is 3. The highest BCUT2D eigenvalue weighted by molar-refractivity contribution is 7.91. The van der Waals surface area contributed by atoms with Crippen LogP contribution in [0.3, 0.4) is 0 Å². The molecule has 2 N–H and O–H groups in total. The molecular formula is C10H9Cl3N2O3S. The van der Waals surface area contributed by atoms with Crippen molar-refractivity contribution < 1.29 is 13.5 Å². The molecule has 104 valence electrons. The van der Waals surface area contributed by atoms with E-state index in [0.717, 1.165) is 0 Å². The van der Waals surface area contributed by atoms with Crippen LogP contribution in [0.1, 0.15) is 5.82 Å². The second kappa shape index (κ2) is 5.10. The fraction of sp³-hybridized carbons (Fsp3) is 0.300. The molecule has 9 heteroatoms. The van der Waals surface area contributed by atoms with Crippen LogP contribution in [0.25, 0.3) is 11.0 Å². The van der Waals surface area contributed by atoms with E-state index >= 15 is 0 Å². The van der Waals surface area contributed by atoms with Crippen LogP contribution in [0.2, 0.25) is 0 Å². The average molecular weight is 344 g/mol. The number of aromatic nitrogens is 2. The standard InChI is InChI=1S/C10H9Cl3N2O3S/c11-10(12,13)9-14-7-2-1-6(5-8(7)15-9)19(17,18)4-3-16/h1-2,5,16H,3-4H2,(H,14,15). The van der Waals surface area contributed by atoms with Gasteiger partial charge in [-0.05, 0) is 18.2 Å². The predicted molar refractivity (Wildman–Crippen MR) is 74.5 cm³/mol. The zero-order valence-corrected chi connectivity index (χ0v) is 12.5. The molecule has 0 atom stereocenters. The van der Waals surface area contributed by atoms with Crippen LogP contribution >= 0.6 is 34.8 Å². The molecule has 5 nitrogen and oxygen atoms in total. The Morgan fingerprint density at radius 1 is 1.32 bits per heavy atom. The third-order valence-corrected chi connectivity index (χ3v) is 4.67. The van der Waals surface area contributed by atoms with E-state index in [9.17, 15) is 8.42 Å².